The smallest absolute Gasteiger partial charge is 0.123 e. The van der Waals surface area contributed by atoms with Gasteiger partial charge in [0.15, 0.2) is 0 Å². The Morgan fingerprint density at radius 1 is 1.11 bits per heavy atom. The van der Waals surface area contributed by atoms with Crippen molar-refractivity contribution in [2.45, 2.75) is 63.5 Å². The zero-order valence-electron chi connectivity index (χ0n) is 17.3. The van der Waals surface area contributed by atoms with Crippen LogP contribution in [0.25, 0.3) is 0 Å². The van der Waals surface area contributed by atoms with E-state index in [1.807, 2.05) is 18.2 Å². The van der Waals surface area contributed by atoms with Gasteiger partial charge in [-0.1, -0.05) is 27.2 Å². The summed E-state index contributed by atoms with van der Waals surface area (Å²) in [5.74, 6) is 3.19. The van der Waals surface area contributed by atoms with Crippen LogP contribution in [-0.4, -0.2) is 37.2 Å². The maximum atomic E-state index is 11.0. The molecule has 0 amide bonds. The molecule has 3 N–H and O–H groups in total. The van der Waals surface area contributed by atoms with Crippen LogP contribution in [0.1, 0.15) is 46.5 Å². The lowest BCUT2D eigenvalue weighted by molar-refractivity contribution is -0.122. The fraction of sp³-hybridized carbons (Fsp3) is 0.727. The van der Waals surface area contributed by atoms with Crippen molar-refractivity contribution in [2.75, 3.05) is 20.0 Å². The highest BCUT2D eigenvalue weighted by Gasteiger charge is 2.56. The minimum Gasteiger partial charge on any atom is -0.497 e. The molecule has 3 rings (SSSR count). The summed E-state index contributed by atoms with van der Waals surface area (Å²) in [5, 5.41) is 11.0. The molecule has 152 valence electrons. The van der Waals surface area contributed by atoms with Gasteiger partial charge >= 0.3 is 0 Å². The zero-order valence-corrected chi connectivity index (χ0v) is 18.1. The Morgan fingerprint density at radius 3 is 2.33 bits per heavy atom. The second-order valence-corrected chi connectivity index (χ2v) is 10.3. The van der Waals surface area contributed by atoms with Crippen LogP contribution in [0.15, 0.2) is 23.1 Å². The molecule has 2 aliphatic carbocycles. The first-order valence-corrected chi connectivity index (χ1v) is 11.0. The second kappa shape index (κ2) is 7.84. The van der Waals surface area contributed by atoms with E-state index in [1.54, 1.807) is 26.0 Å². The van der Waals surface area contributed by atoms with E-state index < -0.39 is 6.10 Å². The molecule has 0 saturated heterocycles. The van der Waals surface area contributed by atoms with Gasteiger partial charge in [0.05, 0.1) is 20.3 Å². The van der Waals surface area contributed by atoms with Gasteiger partial charge in [-0.05, 0) is 48.1 Å². The van der Waals surface area contributed by atoms with Gasteiger partial charge in [-0.3, -0.25) is 0 Å². The highest BCUT2D eigenvalue weighted by Crippen LogP contribution is 2.60. The van der Waals surface area contributed by atoms with Gasteiger partial charge in [0.25, 0.3) is 0 Å². The van der Waals surface area contributed by atoms with Gasteiger partial charge in [-0.25, -0.2) is 0 Å². The predicted octanol–water partition coefficient (Wildman–Crippen LogP) is 4.34. The molecule has 0 heterocycles. The minimum atomic E-state index is -0.444. The largest absolute Gasteiger partial charge is 0.497 e. The topological polar surface area (TPSA) is 64.7 Å². The summed E-state index contributed by atoms with van der Waals surface area (Å²) < 4.78 is 10.8. The number of aliphatic hydroxyl groups excluding tert-OH is 1. The van der Waals surface area contributed by atoms with Crippen LogP contribution in [0, 0.1) is 22.7 Å². The molecule has 2 saturated carbocycles. The number of aliphatic hydroxyl groups is 1. The molecule has 0 aliphatic heterocycles. The standard InChI is InChI=1S/C22H35NO3S/c1-21(2)7-6-8-22(3)17(20(24)18(23)12-19(21)22)13-27-16-10-14(25-4)9-15(11-16)26-5/h9-11,17-20,24H,6-8,12-13,23H2,1-5H3. The lowest BCUT2D eigenvalue weighted by atomic mass is 9.47. The Labute approximate surface area is 168 Å². The molecular formula is C22H35NO3S. The van der Waals surface area contributed by atoms with Crippen molar-refractivity contribution >= 4 is 11.8 Å². The first kappa shape index (κ1) is 20.8. The number of fused-ring (bicyclic) bond motifs is 1. The number of nitrogens with two attached hydrogens (primary N) is 1. The molecular weight excluding hydrogens is 358 g/mol. The van der Waals surface area contributed by atoms with E-state index in [4.69, 9.17) is 15.2 Å². The highest BCUT2D eigenvalue weighted by molar-refractivity contribution is 7.99. The fourth-order valence-electron chi connectivity index (χ4n) is 5.64. The normalized spacial score (nSPS) is 35.4. The number of thioether (sulfide) groups is 1. The minimum absolute atomic E-state index is 0.132. The summed E-state index contributed by atoms with van der Waals surface area (Å²) in [4.78, 5) is 1.10. The molecule has 0 spiro atoms. The molecule has 1 aromatic carbocycles. The molecule has 0 aromatic heterocycles. The van der Waals surface area contributed by atoms with E-state index in [2.05, 4.69) is 20.8 Å². The second-order valence-electron chi connectivity index (χ2n) is 9.26. The van der Waals surface area contributed by atoms with Crippen molar-refractivity contribution in [3.63, 3.8) is 0 Å². The molecule has 5 unspecified atom stereocenters. The molecule has 4 nitrogen and oxygen atoms in total. The van der Waals surface area contributed by atoms with E-state index >= 15 is 0 Å². The summed E-state index contributed by atoms with van der Waals surface area (Å²) in [5.41, 5.74) is 6.83. The molecule has 5 atom stereocenters. The average molecular weight is 394 g/mol. The predicted molar refractivity (Wildman–Crippen MR) is 112 cm³/mol. The Hall–Kier alpha value is -0.910. The van der Waals surface area contributed by atoms with E-state index in [0.29, 0.717) is 5.92 Å². The highest BCUT2D eigenvalue weighted by atomic mass is 32.2. The van der Waals surface area contributed by atoms with Crippen molar-refractivity contribution in [1.29, 1.82) is 0 Å². The van der Waals surface area contributed by atoms with Crippen molar-refractivity contribution < 1.29 is 14.6 Å². The van der Waals surface area contributed by atoms with E-state index in [1.165, 1.54) is 19.3 Å². The van der Waals surface area contributed by atoms with Crippen molar-refractivity contribution in [3.8, 4) is 11.5 Å². The van der Waals surface area contributed by atoms with Crippen molar-refractivity contribution in [1.82, 2.24) is 0 Å². The molecule has 1 aromatic rings. The first-order chi connectivity index (χ1) is 12.7. The number of methoxy groups -OCH3 is 2. The maximum absolute atomic E-state index is 11.0. The van der Waals surface area contributed by atoms with Crippen LogP contribution in [0.5, 0.6) is 11.5 Å². The lowest BCUT2D eigenvalue weighted by Gasteiger charge is -2.60. The van der Waals surface area contributed by atoms with E-state index in [9.17, 15) is 5.11 Å². The van der Waals surface area contributed by atoms with Crippen LogP contribution >= 0.6 is 11.8 Å². The van der Waals surface area contributed by atoms with Gasteiger partial charge in [0.1, 0.15) is 11.5 Å². The van der Waals surface area contributed by atoms with E-state index in [0.717, 1.165) is 28.6 Å². The number of hydrogen-bond acceptors (Lipinski definition) is 5. The van der Waals surface area contributed by atoms with Crippen LogP contribution in [-0.2, 0) is 0 Å². The molecule has 2 fully saturated rings. The number of benzene rings is 1. The number of ether oxygens (including phenoxy) is 2. The third kappa shape index (κ3) is 3.96. The van der Waals surface area contributed by atoms with Gasteiger partial charge in [0, 0.05) is 28.7 Å². The Balaban J connectivity index is 1.84. The van der Waals surface area contributed by atoms with Gasteiger partial charge in [-0.2, -0.15) is 0 Å². The Morgan fingerprint density at radius 2 is 1.74 bits per heavy atom. The molecule has 0 bridgehead atoms. The van der Waals surface area contributed by atoms with Crippen LogP contribution < -0.4 is 15.2 Å². The zero-order chi connectivity index (χ0) is 19.8. The van der Waals surface area contributed by atoms with Crippen LogP contribution in [0.3, 0.4) is 0 Å². The fourth-order valence-corrected chi connectivity index (χ4v) is 6.99. The summed E-state index contributed by atoms with van der Waals surface area (Å²) in [6, 6.07) is 5.82. The summed E-state index contributed by atoms with van der Waals surface area (Å²) >= 11 is 1.77. The van der Waals surface area contributed by atoms with Crippen LogP contribution in [0.2, 0.25) is 0 Å². The number of hydrogen-bond donors (Lipinski definition) is 2. The quantitative estimate of drug-likeness (QED) is 0.729. The Bertz CT molecular complexity index is 643. The van der Waals surface area contributed by atoms with Gasteiger partial charge in [-0.15, -0.1) is 11.8 Å². The summed E-state index contributed by atoms with van der Waals surface area (Å²) in [6.45, 7) is 7.16. The average Bonchev–Trinajstić information content (AvgIpc) is 2.63. The maximum Gasteiger partial charge on any atom is 0.123 e. The molecule has 2 aliphatic rings. The summed E-state index contributed by atoms with van der Waals surface area (Å²) in [6.07, 6.45) is 4.15. The first-order valence-electron chi connectivity index (χ1n) is 10.0. The monoisotopic (exact) mass is 393 g/mol. The third-order valence-corrected chi connectivity index (χ3v) is 8.33. The van der Waals surface area contributed by atoms with Crippen molar-refractivity contribution in [2.24, 2.45) is 28.4 Å². The third-order valence-electron chi connectivity index (χ3n) is 7.24. The lowest BCUT2D eigenvalue weighted by Crippen LogP contribution is -2.60. The van der Waals surface area contributed by atoms with Gasteiger partial charge < -0.3 is 20.3 Å². The summed E-state index contributed by atoms with van der Waals surface area (Å²) in [7, 11) is 3.34. The van der Waals surface area contributed by atoms with E-state index in [-0.39, 0.29) is 22.8 Å². The van der Waals surface area contributed by atoms with Crippen LogP contribution in [0.4, 0.5) is 0 Å². The molecule has 0 radical (unpaired) electrons. The molecule has 5 heteroatoms. The number of rotatable bonds is 5. The van der Waals surface area contributed by atoms with Crippen molar-refractivity contribution in [3.05, 3.63) is 18.2 Å². The van der Waals surface area contributed by atoms with Gasteiger partial charge in [0.2, 0.25) is 0 Å². The SMILES string of the molecule is COc1cc(OC)cc(SCC2C(O)C(N)CC3C(C)(C)CCCC23C)c1. The molecule has 27 heavy (non-hydrogen) atoms. The Kier molecular flexibility index (Phi) is 6.05.